The highest BCUT2D eigenvalue weighted by Gasteiger charge is 2.36. The molecule has 1 aliphatic rings. The molecule has 148 valence electrons. The highest BCUT2D eigenvalue weighted by atomic mass is 19.4. The van der Waals surface area contributed by atoms with Gasteiger partial charge in [-0.05, 0) is 43.9 Å². The minimum absolute atomic E-state index is 0.0160. The Balaban J connectivity index is 1.80. The maximum absolute atomic E-state index is 13.6. The van der Waals surface area contributed by atoms with Crippen molar-refractivity contribution in [3.05, 3.63) is 41.9 Å². The van der Waals surface area contributed by atoms with Gasteiger partial charge in [-0.1, -0.05) is 6.92 Å². The minimum atomic E-state index is -4.66. The van der Waals surface area contributed by atoms with Crippen LogP contribution in [0.4, 0.5) is 13.2 Å². The van der Waals surface area contributed by atoms with Gasteiger partial charge in [-0.3, -0.25) is 4.79 Å². The number of hydrogen-bond donors (Lipinski definition) is 0. The smallest absolute Gasteiger partial charge is 0.433 e. The molecule has 0 spiro atoms. The molecular weight excluding hydrogens is 373 g/mol. The number of alkyl halides is 3. The van der Waals surface area contributed by atoms with Crippen LogP contribution in [0.25, 0.3) is 17.1 Å². The predicted octanol–water partition coefficient (Wildman–Crippen LogP) is 4.27. The van der Waals surface area contributed by atoms with Gasteiger partial charge in [-0.2, -0.15) is 18.3 Å². The summed E-state index contributed by atoms with van der Waals surface area (Å²) in [6, 6.07) is 5.29. The van der Waals surface area contributed by atoms with E-state index in [1.807, 2.05) is 6.92 Å². The van der Waals surface area contributed by atoms with E-state index in [-0.39, 0.29) is 34.7 Å². The Morgan fingerprint density at radius 3 is 2.71 bits per heavy atom. The number of hydrogen-bond acceptors (Lipinski definition) is 4. The van der Waals surface area contributed by atoms with Crippen LogP contribution in [0.15, 0.2) is 34.9 Å². The average Bonchev–Trinajstić information content (AvgIpc) is 3.30. The maximum Gasteiger partial charge on any atom is 0.433 e. The van der Waals surface area contributed by atoms with Crippen LogP contribution < -0.4 is 0 Å². The van der Waals surface area contributed by atoms with Crippen LogP contribution in [0.3, 0.4) is 0 Å². The molecule has 0 radical (unpaired) electrons. The van der Waals surface area contributed by atoms with Gasteiger partial charge in [0.1, 0.15) is 5.69 Å². The zero-order chi connectivity index (χ0) is 20.1. The van der Waals surface area contributed by atoms with Gasteiger partial charge in [0.2, 0.25) is 0 Å². The third-order valence-corrected chi connectivity index (χ3v) is 5.09. The monoisotopic (exact) mass is 392 g/mol. The van der Waals surface area contributed by atoms with Gasteiger partial charge in [0.25, 0.3) is 5.91 Å². The summed E-state index contributed by atoms with van der Waals surface area (Å²) in [6.45, 7) is 4.55. The zero-order valence-electron chi connectivity index (χ0n) is 15.4. The Morgan fingerprint density at radius 1 is 1.25 bits per heavy atom. The largest absolute Gasteiger partial charge is 0.463 e. The van der Waals surface area contributed by atoms with Crippen molar-refractivity contribution >= 4 is 11.6 Å². The molecule has 0 unspecified atom stereocenters. The summed E-state index contributed by atoms with van der Waals surface area (Å²) in [4.78, 5) is 18.8. The lowest BCUT2D eigenvalue weighted by Gasteiger charge is -2.36. The fraction of sp³-hybridized carbons (Fsp3) is 0.421. The van der Waals surface area contributed by atoms with E-state index in [0.29, 0.717) is 17.0 Å². The molecule has 1 fully saturated rings. The molecule has 1 aliphatic heterocycles. The van der Waals surface area contributed by atoms with E-state index in [0.717, 1.165) is 18.9 Å². The number of aromatic nitrogens is 3. The number of amides is 1. The number of carbonyl (C=O) groups excluding carboxylic acids is 1. The van der Waals surface area contributed by atoms with E-state index in [1.54, 1.807) is 11.0 Å². The lowest BCUT2D eigenvalue weighted by molar-refractivity contribution is -0.142. The normalized spacial score (nSPS) is 20.7. The third kappa shape index (κ3) is 3.25. The van der Waals surface area contributed by atoms with Crippen molar-refractivity contribution in [3.63, 3.8) is 0 Å². The van der Waals surface area contributed by atoms with E-state index >= 15 is 0 Å². The van der Waals surface area contributed by atoms with Crippen LogP contribution in [0.5, 0.6) is 0 Å². The van der Waals surface area contributed by atoms with Crippen molar-refractivity contribution in [1.82, 2.24) is 19.5 Å². The van der Waals surface area contributed by atoms with Crippen molar-refractivity contribution in [2.24, 2.45) is 5.92 Å². The molecule has 0 saturated carbocycles. The van der Waals surface area contributed by atoms with E-state index < -0.39 is 11.9 Å². The number of fused-ring (bicyclic) bond motifs is 1. The summed E-state index contributed by atoms with van der Waals surface area (Å²) >= 11 is 0. The summed E-state index contributed by atoms with van der Waals surface area (Å²) in [7, 11) is 0. The second kappa shape index (κ2) is 6.65. The number of likely N-dealkylation sites (tertiary alicyclic amines) is 1. The van der Waals surface area contributed by atoms with Gasteiger partial charge >= 0.3 is 6.18 Å². The first-order valence-electron chi connectivity index (χ1n) is 9.07. The van der Waals surface area contributed by atoms with E-state index in [4.69, 9.17) is 4.42 Å². The van der Waals surface area contributed by atoms with Gasteiger partial charge in [0.05, 0.1) is 6.26 Å². The van der Waals surface area contributed by atoms with Crippen molar-refractivity contribution in [2.75, 3.05) is 6.54 Å². The van der Waals surface area contributed by atoms with Gasteiger partial charge < -0.3 is 9.32 Å². The highest BCUT2D eigenvalue weighted by molar-refractivity contribution is 5.93. The average molecular weight is 392 g/mol. The molecule has 3 aromatic heterocycles. The number of furan rings is 1. The molecule has 0 aromatic carbocycles. The Hall–Kier alpha value is -2.84. The van der Waals surface area contributed by atoms with Crippen LogP contribution in [-0.4, -0.2) is 38.0 Å². The fourth-order valence-electron chi connectivity index (χ4n) is 3.55. The zero-order valence-corrected chi connectivity index (χ0v) is 15.4. The molecule has 0 bridgehead atoms. The topological polar surface area (TPSA) is 63.6 Å². The number of carbonyl (C=O) groups is 1. The van der Waals surface area contributed by atoms with Gasteiger partial charge in [0, 0.05) is 18.7 Å². The number of nitrogens with zero attached hydrogens (tertiary/aromatic N) is 4. The summed E-state index contributed by atoms with van der Waals surface area (Å²) in [5.41, 5.74) is -1.08. The molecule has 4 heterocycles. The summed E-state index contributed by atoms with van der Waals surface area (Å²) in [5, 5.41) is 3.95. The molecule has 0 aliphatic carbocycles. The highest BCUT2D eigenvalue weighted by Crippen LogP contribution is 2.33. The van der Waals surface area contributed by atoms with Crippen molar-refractivity contribution < 1.29 is 22.4 Å². The van der Waals surface area contributed by atoms with Crippen LogP contribution >= 0.6 is 0 Å². The first-order chi connectivity index (χ1) is 13.2. The second-order valence-electron chi connectivity index (χ2n) is 7.29. The second-order valence-corrected chi connectivity index (χ2v) is 7.29. The lowest BCUT2D eigenvalue weighted by atomic mass is 9.95. The summed E-state index contributed by atoms with van der Waals surface area (Å²) in [5.74, 6) is 0.171. The molecule has 2 atom stereocenters. The number of halogens is 3. The maximum atomic E-state index is 13.6. The van der Waals surface area contributed by atoms with Crippen molar-refractivity contribution in [3.8, 4) is 11.5 Å². The van der Waals surface area contributed by atoms with Crippen LogP contribution in [0.2, 0.25) is 0 Å². The number of rotatable bonds is 2. The van der Waals surface area contributed by atoms with Gasteiger partial charge in [-0.15, -0.1) is 0 Å². The quantitative estimate of drug-likeness (QED) is 0.653. The molecule has 1 saturated heterocycles. The standard InChI is InChI=1S/C19H19F3N4O2/c1-11-5-6-12(2)25(10-11)18(27)14-9-17-23-13(15-4-3-7-28-15)8-16(19(20,21)22)26(17)24-14/h3-4,7-9,11-12H,5-6,10H2,1-2H3/t11-,12-/m1/s1. The predicted molar refractivity (Wildman–Crippen MR) is 94.6 cm³/mol. The van der Waals surface area contributed by atoms with Gasteiger partial charge in [-0.25, -0.2) is 9.50 Å². The van der Waals surface area contributed by atoms with E-state index in [9.17, 15) is 18.0 Å². The molecule has 28 heavy (non-hydrogen) atoms. The minimum Gasteiger partial charge on any atom is -0.463 e. The molecule has 4 rings (SSSR count). The third-order valence-electron chi connectivity index (χ3n) is 5.09. The molecule has 3 aromatic rings. The van der Waals surface area contributed by atoms with Crippen molar-refractivity contribution in [2.45, 2.75) is 38.9 Å². The van der Waals surface area contributed by atoms with E-state index in [1.165, 1.54) is 18.4 Å². The first kappa shape index (κ1) is 18.5. The molecule has 9 heteroatoms. The number of piperidine rings is 1. The molecule has 1 amide bonds. The van der Waals surface area contributed by atoms with Crippen LogP contribution in [0, 0.1) is 5.92 Å². The SMILES string of the molecule is C[C@@H]1CC[C@@H](C)N(C(=O)c2cc3nc(-c4ccco4)cc(C(F)(F)F)n3n2)C1. The van der Waals surface area contributed by atoms with E-state index in [2.05, 4.69) is 17.0 Å². The molecule has 0 N–H and O–H groups in total. The fourth-order valence-corrected chi connectivity index (χ4v) is 3.55. The molecular formula is C19H19F3N4O2. The van der Waals surface area contributed by atoms with Gasteiger partial charge in [0.15, 0.2) is 22.8 Å². The van der Waals surface area contributed by atoms with Crippen LogP contribution in [-0.2, 0) is 6.18 Å². The molecule has 6 nitrogen and oxygen atoms in total. The summed E-state index contributed by atoms with van der Waals surface area (Å²) < 4.78 is 46.7. The summed E-state index contributed by atoms with van der Waals surface area (Å²) in [6.07, 6.45) is -1.43. The lowest BCUT2D eigenvalue weighted by Crippen LogP contribution is -2.45. The first-order valence-corrected chi connectivity index (χ1v) is 9.07. The Bertz CT molecular complexity index is 1010. The Labute approximate surface area is 159 Å². The van der Waals surface area contributed by atoms with Crippen LogP contribution in [0.1, 0.15) is 42.9 Å². The van der Waals surface area contributed by atoms with Crippen molar-refractivity contribution in [1.29, 1.82) is 0 Å². The Morgan fingerprint density at radius 2 is 2.04 bits per heavy atom. The Kier molecular flexibility index (Phi) is 4.40.